The fraction of sp³-hybridized carbons (Fsp3) is 0.254. The Hall–Kier alpha value is -7.18. The summed E-state index contributed by atoms with van der Waals surface area (Å²) in [7, 11) is 0. The number of ether oxygens (including phenoxy) is 1. The highest BCUT2D eigenvalue weighted by Crippen LogP contribution is 2.51. The average Bonchev–Trinajstić information content (AvgIpc) is 3.86. The van der Waals surface area contributed by atoms with Gasteiger partial charge in [-0.15, -0.1) is 0 Å². The quantitative estimate of drug-likeness (QED) is 0.144. The molecule has 69 heavy (non-hydrogen) atoms. The van der Waals surface area contributed by atoms with Crippen LogP contribution in [-0.4, -0.2) is 16.2 Å². The predicted octanol–water partition coefficient (Wildman–Crippen LogP) is 17.8. The van der Waals surface area contributed by atoms with E-state index < -0.39 is 0 Å². The second-order valence-corrected chi connectivity index (χ2v) is 21.6. The number of aromatic nitrogens is 2. The van der Waals surface area contributed by atoms with Crippen LogP contribution < -0.4 is 14.5 Å². The van der Waals surface area contributed by atoms with Gasteiger partial charge in [0.15, 0.2) is 0 Å². The lowest BCUT2D eigenvalue weighted by Crippen LogP contribution is -2.26. The summed E-state index contributed by atoms with van der Waals surface area (Å²) in [6.45, 7) is 25.7. The Morgan fingerprint density at radius 2 is 1.28 bits per heavy atom. The Morgan fingerprint density at radius 1 is 0.565 bits per heavy atom. The van der Waals surface area contributed by atoms with Gasteiger partial charge in [-0.2, -0.15) is 0 Å². The Balaban J connectivity index is 1.15. The smallest absolute Gasteiger partial charge is 0.137 e. The second kappa shape index (κ2) is 17.4. The Bertz CT molecular complexity index is 3360. The van der Waals surface area contributed by atoms with Crippen molar-refractivity contribution in [2.75, 3.05) is 16.5 Å². The predicted molar refractivity (Wildman–Crippen MR) is 288 cm³/mol. The van der Waals surface area contributed by atoms with Crippen molar-refractivity contribution in [3.63, 3.8) is 0 Å². The number of hydrogen-bond donors (Lipinski definition) is 0. The third-order valence-electron chi connectivity index (χ3n) is 13.8. The fourth-order valence-corrected chi connectivity index (χ4v) is 10.2. The number of halogens is 1. The van der Waals surface area contributed by atoms with E-state index >= 15 is 0 Å². The SMILES string of the molecule is Cc1ccc2c(c1)N(c1c(C(C)C)cc(-c3ccc(F)cc3)cc1C(C)C)CN2c1cc(Oc2ccc3c4ccccc4n(-c4ccccn4)c3c2)cc(-c2ccc(C(C)(C)C)cc2C(C)(C)C)c1. The van der Waals surface area contributed by atoms with Crippen LogP contribution in [0.4, 0.5) is 27.1 Å². The van der Waals surface area contributed by atoms with Crippen molar-refractivity contribution in [3.05, 3.63) is 191 Å². The van der Waals surface area contributed by atoms with Crippen LogP contribution in [0.3, 0.4) is 0 Å². The van der Waals surface area contributed by atoms with Gasteiger partial charge in [0.05, 0.1) is 22.4 Å². The van der Waals surface area contributed by atoms with Gasteiger partial charge in [0.1, 0.15) is 29.8 Å². The van der Waals surface area contributed by atoms with Gasteiger partial charge in [-0.1, -0.05) is 130 Å². The van der Waals surface area contributed by atoms with E-state index in [-0.39, 0.29) is 28.5 Å². The van der Waals surface area contributed by atoms with E-state index in [2.05, 4.69) is 206 Å². The van der Waals surface area contributed by atoms with Gasteiger partial charge in [0, 0.05) is 40.5 Å². The van der Waals surface area contributed by atoms with Crippen LogP contribution in [0.1, 0.15) is 109 Å². The lowest BCUT2D eigenvalue weighted by Gasteiger charge is -2.30. The molecular formula is C63H63FN4O. The summed E-state index contributed by atoms with van der Waals surface area (Å²) in [5, 5.41) is 2.31. The maximum absolute atomic E-state index is 14.2. The highest BCUT2D eigenvalue weighted by molar-refractivity contribution is 6.09. The largest absolute Gasteiger partial charge is 0.457 e. The third-order valence-corrected chi connectivity index (χ3v) is 13.8. The molecule has 0 N–H and O–H groups in total. The van der Waals surface area contributed by atoms with Crippen LogP contribution in [0.25, 0.3) is 49.9 Å². The number of rotatable bonds is 9. The molecule has 5 nitrogen and oxygen atoms in total. The minimum absolute atomic E-state index is 0.00716. The lowest BCUT2D eigenvalue weighted by atomic mass is 9.77. The van der Waals surface area contributed by atoms with Gasteiger partial charge in [0.2, 0.25) is 0 Å². The van der Waals surface area contributed by atoms with E-state index in [9.17, 15) is 4.39 Å². The monoisotopic (exact) mass is 910 g/mol. The maximum Gasteiger partial charge on any atom is 0.137 e. The molecule has 0 fully saturated rings. The van der Waals surface area contributed by atoms with Gasteiger partial charge in [-0.3, -0.25) is 4.57 Å². The van der Waals surface area contributed by atoms with E-state index in [1.165, 1.54) is 50.1 Å². The van der Waals surface area contributed by atoms with Crippen LogP contribution in [0.2, 0.25) is 0 Å². The molecule has 2 aromatic heterocycles. The molecule has 6 heteroatoms. The number of hydrogen-bond acceptors (Lipinski definition) is 4. The first kappa shape index (κ1) is 45.6. The van der Waals surface area contributed by atoms with Crippen molar-refractivity contribution < 1.29 is 9.13 Å². The molecule has 0 radical (unpaired) electrons. The summed E-state index contributed by atoms with van der Waals surface area (Å²) in [6, 6.07) is 53.2. The summed E-state index contributed by atoms with van der Waals surface area (Å²) < 4.78 is 23.5. The molecule has 10 rings (SSSR count). The molecule has 0 saturated heterocycles. The minimum Gasteiger partial charge on any atom is -0.457 e. The summed E-state index contributed by atoms with van der Waals surface area (Å²) in [4.78, 5) is 9.77. The lowest BCUT2D eigenvalue weighted by molar-refractivity contribution is 0.483. The third kappa shape index (κ3) is 8.56. The van der Waals surface area contributed by atoms with Crippen LogP contribution in [0.15, 0.2) is 158 Å². The van der Waals surface area contributed by atoms with Crippen molar-refractivity contribution in [3.8, 4) is 39.6 Å². The molecule has 9 aromatic rings. The Kier molecular flexibility index (Phi) is 11.5. The molecule has 0 saturated carbocycles. The molecule has 0 atom stereocenters. The average molecular weight is 911 g/mol. The van der Waals surface area contributed by atoms with Gasteiger partial charge in [0.25, 0.3) is 0 Å². The van der Waals surface area contributed by atoms with E-state index in [1.807, 2.05) is 30.5 Å². The Morgan fingerprint density at radius 3 is 1.96 bits per heavy atom. The van der Waals surface area contributed by atoms with Gasteiger partial charge >= 0.3 is 0 Å². The molecule has 348 valence electrons. The van der Waals surface area contributed by atoms with Crippen LogP contribution in [0.5, 0.6) is 11.5 Å². The maximum atomic E-state index is 14.2. The number of nitrogens with zero attached hydrogens (tertiary/aromatic N) is 4. The van der Waals surface area contributed by atoms with Crippen molar-refractivity contribution in [2.45, 2.75) is 98.8 Å². The molecule has 7 aromatic carbocycles. The van der Waals surface area contributed by atoms with Crippen molar-refractivity contribution >= 4 is 44.6 Å². The standard InChI is InChI=1S/C63H63FN4O/c1-39(2)53-33-43(42-20-23-46(64)24-21-42)34-54(40(3)4)61(53)67-38-66(57-28-19-41(5)30-59(57)67)47-31-44(50-26-22-45(62(6,7)8)35-55(50)63(9,10)11)32-49(36-47)69-48-25-27-52-51-16-12-13-17-56(51)68(58(52)37-48)60-18-14-15-29-65-60/h12-37,39-40H,38H2,1-11H3. The highest BCUT2D eigenvalue weighted by Gasteiger charge is 2.33. The molecule has 1 aliphatic heterocycles. The summed E-state index contributed by atoms with van der Waals surface area (Å²) in [5.74, 6) is 2.58. The van der Waals surface area contributed by atoms with Gasteiger partial charge in [-0.05, 0) is 159 Å². The van der Waals surface area contributed by atoms with E-state index in [4.69, 9.17) is 9.72 Å². The zero-order valence-corrected chi connectivity index (χ0v) is 41.9. The molecular weight excluding hydrogens is 848 g/mol. The number of fused-ring (bicyclic) bond motifs is 4. The number of aryl methyl sites for hydroxylation is 1. The zero-order chi connectivity index (χ0) is 48.5. The molecule has 0 unspecified atom stereocenters. The molecule has 1 aliphatic rings. The zero-order valence-electron chi connectivity index (χ0n) is 41.9. The topological polar surface area (TPSA) is 33.5 Å². The summed E-state index contributed by atoms with van der Waals surface area (Å²) in [6.07, 6.45) is 1.85. The van der Waals surface area contributed by atoms with Crippen molar-refractivity contribution in [2.24, 2.45) is 0 Å². The molecule has 0 amide bonds. The molecule has 0 bridgehead atoms. The van der Waals surface area contributed by atoms with Crippen molar-refractivity contribution in [1.82, 2.24) is 9.55 Å². The van der Waals surface area contributed by atoms with Gasteiger partial charge in [-0.25, -0.2) is 9.37 Å². The van der Waals surface area contributed by atoms with E-state index in [0.717, 1.165) is 61.8 Å². The highest BCUT2D eigenvalue weighted by atomic mass is 19.1. The first-order chi connectivity index (χ1) is 32.9. The second-order valence-electron chi connectivity index (χ2n) is 21.6. The van der Waals surface area contributed by atoms with E-state index in [0.29, 0.717) is 6.67 Å². The van der Waals surface area contributed by atoms with Crippen LogP contribution in [-0.2, 0) is 10.8 Å². The molecule has 3 heterocycles. The van der Waals surface area contributed by atoms with Crippen LogP contribution in [0, 0.1) is 12.7 Å². The normalized spacial score (nSPS) is 13.1. The molecule has 0 spiro atoms. The molecule has 0 aliphatic carbocycles. The number of para-hydroxylation sites is 1. The first-order valence-electron chi connectivity index (χ1n) is 24.5. The summed E-state index contributed by atoms with van der Waals surface area (Å²) in [5.41, 5.74) is 17.3. The van der Waals surface area contributed by atoms with Crippen LogP contribution >= 0.6 is 0 Å². The van der Waals surface area contributed by atoms with Gasteiger partial charge < -0.3 is 14.5 Å². The first-order valence-corrected chi connectivity index (χ1v) is 24.5. The number of benzene rings is 7. The Labute approximate surface area is 407 Å². The van der Waals surface area contributed by atoms with E-state index in [1.54, 1.807) is 12.1 Å². The fourth-order valence-electron chi connectivity index (χ4n) is 10.2. The minimum atomic E-state index is -0.229. The number of pyridine rings is 1. The summed E-state index contributed by atoms with van der Waals surface area (Å²) >= 11 is 0. The van der Waals surface area contributed by atoms with Crippen molar-refractivity contribution in [1.29, 1.82) is 0 Å². The number of anilines is 4.